The van der Waals surface area contributed by atoms with Crippen molar-refractivity contribution in [3.63, 3.8) is 0 Å². The van der Waals surface area contributed by atoms with Crippen LogP contribution in [0.25, 0.3) is 11.0 Å². The van der Waals surface area contributed by atoms with E-state index in [1.807, 2.05) is 18.2 Å². The Morgan fingerprint density at radius 2 is 1.90 bits per heavy atom. The van der Waals surface area contributed by atoms with Gasteiger partial charge in [0.15, 0.2) is 5.78 Å². The molecule has 1 aromatic heterocycles. The van der Waals surface area contributed by atoms with Crippen molar-refractivity contribution in [2.75, 3.05) is 0 Å². The molecule has 0 radical (unpaired) electrons. The summed E-state index contributed by atoms with van der Waals surface area (Å²) in [6.07, 6.45) is 9.13. The molecule has 1 aromatic carbocycles. The molecule has 2 unspecified atom stereocenters. The summed E-state index contributed by atoms with van der Waals surface area (Å²) >= 11 is 0. The zero-order valence-electron chi connectivity index (χ0n) is 11.9. The third-order valence-corrected chi connectivity index (χ3v) is 4.52. The van der Waals surface area contributed by atoms with Gasteiger partial charge in [-0.2, -0.15) is 0 Å². The molecule has 3 heteroatoms. The van der Waals surface area contributed by atoms with E-state index in [1.165, 1.54) is 19.3 Å². The number of carbonyl (C=O) groups is 1. The maximum absolute atomic E-state index is 12.8. The van der Waals surface area contributed by atoms with Crippen LogP contribution in [-0.4, -0.2) is 15.8 Å². The summed E-state index contributed by atoms with van der Waals surface area (Å²) in [5.74, 6) is 1.04. The minimum Gasteiger partial charge on any atom is -0.294 e. The SMILES string of the molecule is CCC1CCCCC1C(=O)c1ccc2nccnc2c1. The van der Waals surface area contributed by atoms with Crippen LogP contribution >= 0.6 is 0 Å². The number of fused-ring (bicyclic) bond motifs is 1. The largest absolute Gasteiger partial charge is 0.294 e. The van der Waals surface area contributed by atoms with Crippen LogP contribution in [0.5, 0.6) is 0 Å². The number of Topliss-reactive ketones (excluding diaryl/α,β-unsaturated/α-hetero) is 1. The Kier molecular flexibility index (Phi) is 3.77. The molecule has 0 aliphatic heterocycles. The van der Waals surface area contributed by atoms with Gasteiger partial charge in [0, 0.05) is 23.9 Å². The van der Waals surface area contributed by atoms with Crippen molar-refractivity contribution in [3.8, 4) is 0 Å². The summed E-state index contributed by atoms with van der Waals surface area (Å²) in [7, 11) is 0. The number of ketones is 1. The van der Waals surface area contributed by atoms with Gasteiger partial charge in [0.05, 0.1) is 11.0 Å². The first-order chi connectivity index (χ1) is 9.79. The number of aromatic nitrogens is 2. The molecule has 1 aliphatic rings. The van der Waals surface area contributed by atoms with Crippen molar-refractivity contribution >= 4 is 16.8 Å². The molecule has 2 atom stereocenters. The minimum atomic E-state index is 0.197. The maximum Gasteiger partial charge on any atom is 0.166 e. The van der Waals surface area contributed by atoms with Crippen molar-refractivity contribution in [3.05, 3.63) is 36.2 Å². The molecule has 0 bridgehead atoms. The van der Waals surface area contributed by atoms with Gasteiger partial charge in [-0.1, -0.05) is 26.2 Å². The molecule has 3 nitrogen and oxygen atoms in total. The lowest BCUT2D eigenvalue weighted by atomic mass is 9.74. The highest BCUT2D eigenvalue weighted by molar-refractivity contribution is 6.00. The van der Waals surface area contributed by atoms with Gasteiger partial charge in [0.2, 0.25) is 0 Å². The first kappa shape index (κ1) is 13.2. The normalized spacial score (nSPS) is 22.9. The third kappa shape index (κ3) is 2.45. The van der Waals surface area contributed by atoms with Gasteiger partial charge in [-0.25, -0.2) is 0 Å². The highest BCUT2D eigenvalue weighted by Crippen LogP contribution is 2.34. The van der Waals surface area contributed by atoms with Crippen molar-refractivity contribution in [2.24, 2.45) is 11.8 Å². The fourth-order valence-electron chi connectivity index (χ4n) is 3.37. The molecule has 1 heterocycles. The van der Waals surface area contributed by atoms with Gasteiger partial charge in [-0.15, -0.1) is 0 Å². The zero-order chi connectivity index (χ0) is 13.9. The summed E-state index contributed by atoms with van der Waals surface area (Å²) in [6.45, 7) is 2.20. The number of benzene rings is 1. The lowest BCUT2D eigenvalue weighted by Gasteiger charge is -2.29. The first-order valence-electron chi connectivity index (χ1n) is 7.54. The Labute approximate surface area is 119 Å². The van der Waals surface area contributed by atoms with Crippen molar-refractivity contribution in [1.82, 2.24) is 9.97 Å². The molecule has 1 fully saturated rings. The number of hydrogen-bond donors (Lipinski definition) is 0. The molecule has 20 heavy (non-hydrogen) atoms. The molecule has 1 aliphatic carbocycles. The van der Waals surface area contributed by atoms with Gasteiger partial charge >= 0.3 is 0 Å². The Hall–Kier alpha value is -1.77. The second kappa shape index (κ2) is 5.70. The maximum atomic E-state index is 12.8. The van der Waals surface area contributed by atoms with Gasteiger partial charge < -0.3 is 0 Å². The van der Waals surface area contributed by atoms with Crippen LogP contribution in [-0.2, 0) is 0 Å². The van der Waals surface area contributed by atoms with E-state index in [9.17, 15) is 4.79 Å². The quantitative estimate of drug-likeness (QED) is 0.789. The molecule has 0 N–H and O–H groups in total. The van der Waals surface area contributed by atoms with E-state index in [2.05, 4.69) is 16.9 Å². The molecule has 2 aromatic rings. The van der Waals surface area contributed by atoms with E-state index in [0.29, 0.717) is 11.7 Å². The molecular weight excluding hydrogens is 248 g/mol. The molecule has 3 rings (SSSR count). The van der Waals surface area contributed by atoms with E-state index in [1.54, 1.807) is 12.4 Å². The van der Waals surface area contributed by atoms with Gasteiger partial charge in [-0.05, 0) is 37.0 Å². The molecule has 0 spiro atoms. The standard InChI is InChI=1S/C17H20N2O/c1-2-12-5-3-4-6-14(12)17(20)13-7-8-15-16(11-13)19-10-9-18-15/h7-12,14H,2-6H2,1H3. The summed E-state index contributed by atoms with van der Waals surface area (Å²) in [5.41, 5.74) is 2.45. The van der Waals surface area contributed by atoms with Crippen LogP contribution in [0.2, 0.25) is 0 Å². The van der Waals surface area contributed by atoms with Crippen LogP contribution in [0.4, 0.5) is 0 Å². The number of hydrogen-bond acceptors (Lipinski definition) is 3. The Morgan fingerprint density at radius 3 is 2.70 bits per heavy atom. The minimum absolute atomic E-state index is 0.197. The third-order valence-electron chi connectivity index (χ3n) is 4.52. The van der Waals surface area contributed by atoms with Crippen LogP contribution in [0.3, 0.4) is 0 Å². The second-order valence-electron chi connectivity index (χ2n) is 5.68. The molecule has 0 amide bonds. The molecule has 1 saturated carbocycles. The van der Waals surface area contributed by atoms with Crippen molar-refractivity contribution in [1.29, 1.82) is 0 Å². The van der Waals surface area contributed by atoms with E-state index in [4.69, 9.17) is 0 Å². The van der Waals surface area contributed by atoms with Crippen molar-refractivity contribution < 1.29 is 4.79 Å². The van der Waals surface area contributed by atoms with Crippen molar-refractivity contribution in [2.45, 2.75) is 39.0 Å². The van der Waals surface area contributed by atoms with Gasteiger partial charge in [0.1, 0.15) is 0 Å². The summed E-state index contributed by atoms with van der Waals surface area (Å²) in [5, 5.41) is 0. The van der Waals surface area contributed by atoms with Crippen LogP contribution < -0.4 is 0 Å². The first-order valence-corrected chi connectivity index (χ1v) is 7.54. The molecule has 0 saturated heterocycles. The van der Waals surface area contributed by atoms with Gasteiger partial charge in [0.25, 0.3) is 0 Å². The number of rotatable bonds is 3. The molecule has 104 valence electrons. The lowest BCUT2D eigenvalue weighted by molar-refractivity contribution is 0.0820. The topological polar surface area (TPSA) is 42.9 Å². The highest BCUT2D eigenvalue weighted by atomic mass is 16.1. The average molecular weight is 268 g/mol. The van der Waals surface area contributed by atoms with E-state index in [0.717, 1.165) is 29.4 Å². The predicted octanol–water partition coefficient (Wildman–Crippen LogP) is 4.03. The van der Waals surface area contributed by atoms with E-state index >= 15 is 0 Å². The zero-order valence-corrected chi connectivity index (χ0v) is 11.9. The fraction of sp³-hybridized carbons (Fsp3) is 0.471. The smallest absolute Gasteiger partial charge is 0.166 e. The number of carbonyl (C=O) groups excluding carboxylic acids is 1. The summed E-state index contributed by atoms with van der Waals surface area (Å²) in [4.78, 5) is 21.3. The predicted molar refractivity (Wildman–Crippen MR) is 79.6 cm³/mol. The van der Waals surface area contributed by atoms with Crippen LogP contribution in [0.1, 0.15) is 49.4 Å². The van der Waals surface area contributed by atoms with Crippen LogP contribution in [0.15, 0.2) is 30.6 Å². The molecular formula is C17H20N2O. The van der Waals surface area contributed by atoms with Gasteiger partial charge in [-0.3, -0.25) is 14.8 Å². The van der Waals surface area contributed by atoms with E-state index < -0.39 is 0 Å². The Bertz CT molecular complexity index is 623. The monoisotopic (exact) mass is 268 g/mol. The average Bonchev–Trinajstić information content (AvgIpc) is 2.53. The van der Waals surface area contributed by atoms with E-state index in [-0.39, 0.29) is 5.92 Å². The Balaban J connectivity index is 1.91. The highest BCUT2D eigenvalue weighted by Gasteiger charge is 2.30. The fourth-order valence-corrected chi connectivity index (χ4v) is 3.37. The Morgan fingerprint density at radius 1 is 1.15 bits per heavy atom. The second-order valence-corrected chi connectivity index (χ2v) is 5.68. The summed E-state index contributed by atoms with van der Waals surface area (Å²) in [6, 6.07) is 5.70. The lowest BCUT2D eigenvalue weighted by Crippen LogP contribution is -2.27. The van der Waals surface area contributed by atoms with Crippen LogP contribution in [0, 0.1) is 11.8 Å². The number of nitrogens with zero attached hydrogens (tertiary/aromatic N) is 2. The summed E-state index contributed by atoms with van der Waals surface area (Å²) < 4.78 is 0.